The highest BCUT2D eigenvalue weighted by molar-refractivity contribution is 8.00. The largest absolute Gasteiger partial charge is 0.369 e. The van der Waals surface area contributed by atoms with Gasteiger partial charge in [-0.1, -0.05) is 6.07 Å². The van der Waals surface area contributed by atoms with Crippen LogP contribution < -0.4 is 5.73 Å². The van der Waals surface area contributed by atoms with Gasteiger partial charge in [0.2, 0.25) is 5.95 Å². The Balaban J connectivity index is 2.08. The van der Waals surface area contributed by atoms with Crippen LogP contribution in [0.2, 0.25) is 0 Å². The van der Waals surface area contributed by atoms with E-state index in [1.54, 1.807) is 0 Å². The zero-order valence-corrected chi connectivity index (χ0v) is 11.0. The lowest BCUT2D eigenvalue weighted by Gasteiger charge is -2.14. The minimum atomic E-state index is 0.408. The van der Waals surface area contributed by atoms with Gasteiger partial charge in [-0.3, -0.25) is 0 Å². The van der Waals surface area contributed by atoms with Gasteiger partial charge in [0.25, 0.3) is 0 Å². The van der Waals surface area contributed by atoms with Crippen molar-refractivity contribution in [3.8, 4) is 0 Å². The molecule has 2 N–H and O–H groups in total. The molecule has 3 rings (SSSR count). The van der Waals surface area contributed by atoms with Gasteiger partial charge in [-0.25, -0.2) is 4.98 Å². The van der Waals surface area contributed by atoms with Crippen LogP contribution in [0.25, 0.3) is 11.0 Å². The van der Waals surface area contributed by atoms with E-state index in [1.807, 2.05) is 11.8 Å². The molecule has 90 valence electrons. The molecule has 0 aliphatic heterocycles. The number of nitrogen functional groups attached to an aromatic ring is 1. The monoisotopic (exact) mass is 247 g/mol. The fraction of sp³-hybridized carbons (Fsp3) is 0.462. The Morgan fingerprint density at radius 2 is 2.24 bits per heavy atom. The van der Waals surface area contributed by atoms with Crippen molar-refractivity contribution in [2.24, 2.45) is 0 Å². The van der Waals surface area contributed by atoms with Gasteiger partial charge in [0.1, 0.15) is 0 Å². The number of nitrogens with zero attached hydrogens (tertiary/aromatic N) is 2. The summed E-state index contributed by atoms with van der Waals surface area (Å²) < 4.78 is 2.58. The SMILES string of the molecule is CSC1(Cn2c(N)nc3ccc(C)cc32)CC1. The van der Waals surface area contributed by atoms with Gasteiger partial charge in [-0.05, 0) is 43.7 Å². The van der Waals surface area contributed by atoms with Crippen LogP contribution in [0, 0.1) is 6.92 Å². The standard InChI is InChI=1S/C13H17N3S/c1-9-3-4-10-11(7-9)16(12(14)15-10)8-13(17-2)5-6-13/h3-4,7H,5-6,8H2,1-2H3,(H2,14,15). The summed E-state index contributed by atoms with van der Waals surface area (Å²) in [5, 5.41) is 0. The molecule has 0 radical (unpaired) electrons. The predicted octanol–water partition coefficient (Wildman–Crippen LogP) is 2.82. The third-order valence-electron chi connectivity index (χ3n) is 3.62. The van der Waals surface area contributed by atoms with Crippen molar-refractivity contribution < 1.29 is 0 Å². The summed E-state index contributed by atoms with van der Waals surface area (Å²) >= 11 is 1.95. The average molecular weight is 247 g/mol. The molecule has 0 spiro atoms. The molecule has 0 unspecified atom stereocenters. The smallest absolute Gasteiger partial charge is 0.201 e. The third kappa shape index (κ3) is 1.80. The van der Waals surface area contributed by atoms with E-state index < -0.39 is 0 Å². The number of benzene rings is 1. The topological polar surface area (TPSA) is 43.8 Å². The van der Waals surface area contributed by atoms with Crippen molar-refractivity contribution in [3.63, 3.8) is 0 Å². The van der Waals surface area contributed by atoms with E-state index in [0.717, 1.165) is 12.1 Å². The van der Waals surface area contributed by atoms with Crippen LogP contribution in [0.4, 0.5) is 5.95 Å². The summed E-state index contributed by atoms with van der Waals surface area (Å²) in [5.74, 6) is 0.644. The maximum atomic E-state index is 6.04. The van der Waals surface area contributed by atoms with Crippen molar-refractivity contribution in [2.45, 2.75) is 31.1 Å². The zero-order chi connectivity index (χ0) is 12.0. The first-order valence-electron chi connectivity index (χ1n) is 5.91. The number of imidazole rings is 1. The molecule has 1 heterocycles. The van der Waals surface area contributed by atoms with Gasteiger partial charge in [0, 0.05) is 11.3 Å². The number of aromatic nitrogens is 2. The molecule has 1 aromatic carbocycles. The van der Waals surface area contributed by atoms with E-state index in [1.165, 1.54) is 23.9 Å². The minimum Gasteiger partial charge on any atom is -0.369 e. The first-order valence-corrected chi connectivity index (χ1v) is 7.14. The van der Waals surface area contributed by atoms with E-state index in [-0.39, 0.29) is 0 Å². The molecule has 0 bridgehead atoms. The number of aryl methyl sites for hydroxylation is 1. The van der Waals surface area contributed by atoms with Crippen LogP contribution >= 0.6 is 11.8 Å². The summed E-state index contributed by atoms with van der Waals surface area (Å²) in [6.45, 7) is 3.09. The fourth-order valence-electron chi connectivity index (χ4n) is 2.27. The van der Waals surface area contributed by atoms with Gasteiger partial charge in [-0.2, -0.15) is 11.8 Å². The average Bonchev–Trinajstić information content (AvgIpc) is 3.03. The molecule has 1 aromatic heterocycles. The summed E-state index contributed by atoms with van der Waals surface area (Å²) in [6, 6.07) is 6.31. The number of fused-ring (bicyclic) bond motifs is 1. The molecule has 1 saturated carbocycles. The van der Waals surface area contributed by atoms with E-state index in [4.69, 9.17) is 5.73 Å². The van der Waals surface area contributed by atoms with E-state index in [9.17, 15) is 0 Å². The van der Waals surface area contributed by atoms with Gasteiger partial charge < -0.3 is 10.3 Å². The number of nitrogens with two attached hydrogens (primary N) is 1. The van der Waals surface area contributed by atoms with Gasteiger partial charge in [0.15, 0.2) is 0 Å². The molecule has 1 aliphatic rings. The first-order chi connectivity index (χ1) is 8.13. The lowest BCUT2D eigenvalue weighted by molar-refractivity contribution is 0.687. The molecule has 1 fully saturated rings. The van der Waals surface area contributed by atoms with Gasteiger partial charge in [0.05, 0.1) is 11.0 Å². The first kappa shape index (κ1) is 11.0. The quantitative estimate of drug-likeness (QED) is 0.907. The van der Waals surface area contributed by atoms with Crippen molar-refractivity contribution in [2.75, 3.05) is 12.0 Å². The van der Waals surface area contributed by atoms with Crippen LogP contribution in [0.15, 0.2) is 18.2 Å². The highest BCUT2D eigenvalue weighted by Gasteiger charge is 2.42. The second kappa shape index (κ2) is 3.67. The van der Waals surface area contributed by atoms with E-state index >= 15 is 0 Å². The van der Waals surface area contributed by atoms with Crippen molar-refractivity contribution in [1.82, 2.24) is 9.55 Å². The highest BCUT2D eigenvalue weighted by atomic mass is 32.2. The second-order valence-corrected chi connectivity index (χ2v) is 6.21. The maximum Gasteiger partial charge on any atom is 0.201 e. The summed E-state index contributed by atoms with van der Waals surface area (Å²) in [6.07, 6.45) is 4.77. The number of anilines is 1. The fourth-order valence-corrected chi connectivity index (χ4v) is 3.04. The van der Waals surface area contributed by atoms with E-state index in [0.29, 0.717) is 10.7 Å². The number of hydrogen-bond donors (Lipinski definition) is 1. The summed E-state index contributed by atoms with van der Waals surface area (Å²) in [4.78, 5) is 4.43. The van der Waals surface area contributed by atoms with Crippen LogP contribution in [0.5, 0.6) is 0 Å². The lowest BCUT2D eigenvalue weighted by Crippen LogP contribution is -2.15. The van der Waals surface area contributed by atoms with Gasteiger partial charge >= 0.3 is 0 Å². The molecule has 0 atom stereocenters. The van der Waals surface area contributed by atoms with Crippen molar-refractivity contribution in [1.29, 1.82) is 0 Å². The normalized spacial score (nSPS) is 17.5. The molecule has 2 aromatic rings. The Bertz CT molecular complexity index is 569. The maximum absolute atomic E-state index is 6.04. The van der Waals surface area contributed by atoms with Crippen molar-refractivity contribution in [3.05, 3.63) is 23.8 Å². The molecule has 1 aliphatic carbocycles. The molecule has 3 nitrogen and oxygen atoms in total. The van der Waals surface area contributed by atoms with Crippen LogP contribution in [0.1, 0.15) is 18.4 Å². The molecular weight excluding hydrogens is 230 g/mol. The Morgan fingerprint density at radius 1 is 1.47 bits per heavy atom. The van der Waals surface area contributed by atoms with Crippen LogP contribution in [-0.2, 0) is 6.54 Å². The minimum absolute atomic E-state index is 0.408. The molecule has 0 amide bonds. The molecule has 17 heavy (non-hydrogen) atoms. The number of thioether (sulfide) groups is 1. The molecular formula is C13H17N3S. The number of hydrogen-bond acceptors (Lipinski definition) is 3. The number of rotatable bonds is 3. The zero-order valence-electron chi connectivity index (χ0n) is 10.2. The Labute approximate surface area is 105 Å². The third-order valence-corrected chi connectivity index (χ3v) is 5.02. The second-order valence-electron chi connectivity index (χ2n) is 4.94. The van der Waals surface area contributed by atoms with Gasteiger partial charge in [-0.15, -0.1) is 0 Å². The van der Waals surface area contributed by atoms with Crippen LogP contribution in [-0.4, -0.2) is 20.6 Å². The lowest BCUT2D eigenvalue weighted by atomic mass is 10.2. The Kier molecular flexibility index (Phi) is 2.36. The Morgan fingerprint density at radius 3 is 2.88 bits per heavy atom. The summed E-state index contributed by atoms with van der Waals surface area (Å²) in [7, 11) is 0. The molecule has 4 heteroatoms. The van der Waals surface area contributed by atoms with Crippen molar-refractivity contribution >= 4 is 28.7 Å². The summed E-state index contributed by atoms with van der Waals surface area (Å²) in [5.41, 5.74) is 9.47. The molecule has 0 saturated heterocycles. The van der Waals surface area contributed by atoms with Crippen LogP contribution in [0.3, 0.4) is 0 Å². The Hall–Kier alpha value is -1.16. The van der Waals surface area contributed by atoms with E-state index in [2.05, 4.69) is 40.9 Å². The predicted molar refractivity (Wildman–Crippen MR) is 74.4 cm³/mol. The highest BCUT2D eigenvalue weighted by Crippen LogP contribution is 2.49.